The molecule has 0 bridgehead atoms. The average molecular weight is 499 g/mol. The van der Waals surface area contributed by atoms with E-state index in [0.717, 1.165) is 24.6 Å². The second kappa shape index (κ2) is 12.8. The number of aromatic nitrogens is 2. The first kappa shape index (κ1) is 24.4. The molecule has 0 saturated heterocycles. The van der Waals surface area contributed by atoms with Crippen LogP contribution in [-0.2, 0) is 24.8 Å². The summed E-state index contributed by atoms with van der Waals surface area (Å²) in [5.41, 5.74) is 4.80. The molecule has 6 nitrogen and oxygen atoms in total. The number of rotatable bonds is 9. The fourth-order valence-corrected chi connectivity index (χ4v) is 3.01. The first-order chi connectivity index (χ1) is 13.0. The molecule has 1 heterocycles. The number of guanidine groups is 1. The summed E-state index contributed by atoms with van der Waals surface area (Å²) in [6.45, 7) is 11.1. The minimum atomic E-state index is 0. The third-order valence-corrected chi connectivity index (χ3v) is 4.51. The molecule has 0 radical (unpaired) electrons. The zero-order chi connectivity index (χ0) is 19.6. The Morgan fingerprint density at radius 1 is 1.25 bits per heavy atom. The molecule has 2 rings (SSSR count). The molecular formula is C21H34IN5O. The predicted octanol–water partition coefficient (Wildman–Crippen LogP) is 3.36. The van der Waals surface area contributed by atoms with Crippen LogP contribution < -0.4 is 10.6 Å². The summed E-state index contributed by atoms with van der Waals surface area (Å²) in [4.78, 5) is 4.62. The monoisotopic (exact) mass is 499 g/mol. The SMILES string of the molecule is CCNC(=NCCOCc1ccccc1)NC(C)Cc1c(C)nn(C)c1C.I. The number of ether oxygens (including phenoxy) is 1. The molecule has 0 aliphatic rings. The van der Waals surface area contributed by atoms with Gasteiger partial charge in [0.1, 0.15) is 0 Å². The van der Waals surface area contributed by atoms with E-state index in [0.29, 0.717) is 19.8 Å². The molecule has 0 spiro atoms. The molecule has 0 fully saturated rings. The smallest absolute Gasteiger partial charge is 0.191 e. The van der Waals surface area contributed by atoms with E-state index in [1.165, 1.54) is 16.8 Å². The molecule has 0 aliphatic heterocycles. The standard InChI is InChI=1S/C21H33N5O.HI/c1-6-22-21(23-12-13-27-15-19-10-8-7-9-11-19)24-16(2)14-20-17(3)25-26(5)18(20)4;/h7-11,16H,6,12-15H2,1-5H3,(H2,22,23,24);1H. The van der Waals surface area contributed by atoms with Gasteiger partial charge in [-0.05, 0) is 45.2 Å². The van der Waals surface area contributed by atoms with E-state index in [1.807, 2.05) is 29.9 Å². The fraction of sp³-hybridized carbons (Fsp3) is 0.524. The molecule has 0 saturated carbocycles. The minimum Gasteiger partial charge on any atom is -0.375 e. The summed E-state index contributed by atoms with van der Waals surface area (Å²) in [7, 11) is 1.99. The van der Waals surface area contributed by atoms with E-state index < -0.39 is 0 Å². The lowest BCUT2D eigenvalue weighted by atomic mass is 10.1. The van der Waals surface area contributed by atoms with Gasteiger partial charge < -0.3 is 15.4 Å². The molecule has 2 N–H and O–H groups in total. The van der Waals surface area contributed by atoms with Crippen molar-refractivity contribution in [2.24, 2.45) is 12.0 Å². The Morgan fingerprint density at radius 2 is 1.96 bits per heavy atom. The Bertz CT molecular complexity index is 730. The van der Waals surface area contributed by atoms with Crippen molar-refractivity contribution in [3.8, 4) is 0 Å². The van der Waals surface area contributed by atoms with Crippen molar-refractivity contribution in [2.75, 3.05) is 19.7 Å². The lowest BCUT2D eigenvalue weighted by molar-refractivity contribution is 0.128. The van der Waals surface area contributed by atoms with Gasteiger partial charge >= 0.3 is 0 Å². The summed E-state index contributed by atoms with van der Waals surface area (Å²) in [5, 5.41) is 11.3. The van der Waals surface area contributed by atoms with Gasteiger partial charge in [-0.3, -0.25) is 9.67 Å². The molecule has 2 aromatic rings. The summed E-state index contributed by atoms with van der Waals surface area (Å²) in [6.07, 6.45) is 0.917. The van der Waals surface area contributed by atoms with Crippen molar-refractivity contribution < 1.29 is 4.74 Å². The number of nitrogens with zero attached hydrogens (tertiary/aromatic N) is 3. The molecule has 1 aromatic heterocycles. The van der Waals surface area contributed by atoms with Crippen LogP contribution >= 0.6 is 24.0 Å². The topological polar surface area (TPSA) is 63.5 Å². The van der Waals surface area contributed by atoms with Crippen molar-refractivity contribution in [3.63, 3.8) is 0 Å². The van der Waals surface area contributed by atoms with E-state index in [9.17, 15) is 0 Å². The van der Waals surface area contributed by atoms with Gasteiger partial charge in [-0.25, -0.2) is 0 Å². The molecule has 0 amide bonds. The third-order valence-electron chi connectivity index (χ3n) is 4.51. The van der Waals surface area contributed by atoms with E-state index in [-0.39, 0.29) is 30.0 Å². The average Bonchev–Trinajstić information content (AvgIpc) is 2.88. The van der Waals surface area contributed by atoms with Crippen LogP contribution in [0.25, 0.3) is 0 Å². The summed E-state index contributed by atoms with van der Waals surface area (Å²) in [6, 6.07) is 10.5. The van der Waals surface area contributed by atoms with Crippen molar-refractivity contribution in [1.82, 2.24) is 20.4 Å². The van der Waals surface area contributed by atoms with Crippen molar-refractivity contribution in [2.45, 2.75) is 46.8 Å². The number of aliphatic imine (C=N–C) groups is 1. The molecule has 1 unspecified atom stereocenters. The highest BCUT2D eigenvalue weighted by atomic mass is 127. The maximum Gasteiger partial charge on any atom is 0.191 e. The zero-order valence-corrected chi connectivity index (χ0v) is 20.0. The zero-order valence-electron chi connectivity index (χ0n) is 17.7. The van der Waals surface area contributed by atoms with Gasteiger partial charge in [0.15, 0.2) is 5.96 Å². The molecule has 156 valence electrons. The number of hydrogen-bond donors (Lipinski definition) is 2. The van der Waals surface area contributed by atoms with Crippen molar-refractivity contribution in [1.29, 1.82) is 0 Å². The van der Waals surface area contributed by atoms with Gasteiger partial charge in [0, 0.05) is 25.3 Å². The Hall–Kier alpha value is -1.61. The van der Waals surface area contributed by atoms with Gasteiger partial charge in [-0.15, -0.1) is 24.0 Å². The highest BCUT2D eigenvalue weighted by molar-refractivity contribution is 14.0. The number of nitrogens with one attached hydrogen (secondary N) is 2. The molecule has 0 aliphatic carbocycles. The van der Waals surface area contributed by atoms with E-state index >= 15 is 0 Å². The van der Waals surface area contributed by atoms with Crippen LogP contribution in [0.1, 0.15) is 36.4 Å². The molecular weight excluding hydrogens is 465 g/mol. The minimum absolute atomic E-state index is 0. The van der Waals surface area contributed by atoms with Crippen LogP contribution in [0.5, 0.6) is 0 Å². The van der Waals surface area contributed by atoms with E-state index in [4.69, 9.17) is 4.74 Å². The second-order valence-corrected chi connectivity index (χ2v) is 6.82. The summed E-state index contributed by atoms with van der Waals surface area (Å²) in [5.74, 6) is 0.826. The molecule has 28 heavy (non-hydrogen) atoms. The van der Waals surface area contributed by atoms with Gasteiger partial charge in [0.25, 0.3) is 0 Å². The lowest BCUT2D eigenvalue weighted by Crippen LogP contribution is -2.43. The van der Waals surface area contributed by atoms with Crippen molar-refractivity contribution >= 4 is 29.9 Å². The largest absolute Gasteiger partial charge is 0.375 e. The van der Waals surface area contributed by atoms with Crippen LogP contribution in [0, 0.1) is 13.8 Å². The van der Waals surface area contributed by atoms with Gasteiger partial charge in [0.05, 0.1) is 25.5 Å². The van der Waals surface area contributed by atoms with E-state index in [2.05, 4.69) is 60.6 Å². The van der Waals surface area contributed by atoms with Crippen LogP contribution in [0.2, 0.25) is 0 Å². The number of hydrogen-bond acceptors (Lipinski definition) is 3. The molecule has 1 aromatic carbocycles. The Labute approximate surface area is 186 Å². The Morgan fingerprint density at radius 3 is 2.57 bits per heavy atom. The van der Waals surface area contributed by atoms with Crippen LogP contribution in [0.15, 0.2) is 35.3 Å². The van der Waals surface area contributed by atoms with Gasteiger partial charge in [0.2, 0.25) is 0 Å². The normalized spacial score (nSPS) is 12.4. The van der Waals surface area contributed by atoms with Crippen molar-refractivity contribution in [3.05, 3.63) is 52.8 Å². The van der Waals surface area contributed by atoms with Crippen LogP contribution in [0.4, 0.5) is 0 Å². The highest BCUT2D eigenvalue weighted by Gasteiger charge is 2.13. The Balaban J connectivity index is 0.00000392. The van der Waals surface area contributed by atoms with Gasteiger partial charge in [-0.1, -0.05) is 30.3 Å². The Kier molecular flexibility index (Phi) is 11.1. The van der Waals surface area contributed by atoms with Crippen LogP contribution in [0.3, 0.4) is 0 Å². The summed E-state index contributed by atoms with van der Waals surface area (Å²) < 4.78 is 7.65. The quantitative estimate of drug-likeness (QED) is 0.241. The predicted molar refractivity (Wildman–Crippen MR) is 126 cm³/mol. The first-order valence-electron chi connectivity index (χ1n) is 9.66. The summed E-state index contributed by atoms with van der Waals surface area (Å²) >= 11 is 0. The van der Waals surface area contributed by atoms with E-state index in [1.54, 1.807) is 0 Å². The first-order valence-corrected chi connectivity index (χ1v) is 9.66. The number of halogens is 1. The molecule has 7 heteroatoms. The fourth-order valence-electron chi connectivity index (χ4n) is 3.01. The van der Waals surface area contributed by atoms with Gasteiger partial charge in [-0.2, -0.15) is 5.10 Å². The highest BCUT2D eigenvalue weighted by Crippen LogP contribution is 2.14. The maximum atomic E-state index is 5.71. The number of benzene rings is 1. The number of aryl methyl sites for hydroxylation is 2. The van der Waals surface area contributed by atoms with Crippen LogP contribution in [-0.4, -0.2) is 41.5 Å². The maximum absolute atomic E-state index is 5.71. The molecule has 1 atom stereocenters. The lowest BCUT2D eigenvalue weighted by Gasteiger charge is -2.18. The third kappa shape index (κ3) is 7.79. The second-order valence-electron chi connectivity index (χ2n) is 6.82.